The van der Waals surface area contributed by atoms with Crippen molar-refractivity contribution in [2.45, 2.75) is 73.9 Å². The molecule has 0 aliphatic rings. The topological polar surface area (TPSA) is 52.7 Å². The first-order valence-corrected chi connectivity index (χ1v) is 10.9. The zero-order chi connectivity index (χ0) is 22.3. The molecule has 5 nitrogen and oxygen atoms in total. The fraction of sp³-hybridized carbons (Fsp3) is 0.667. The Balaban J connectivity index is 3.33. The fourth-order valence-electron chi connectivity index (χ4n) is 3.35. The van der Waals surface area contributed by atoms with Gasteiger partial charge in [-0.3, -0.25) is 9.59 Å². The van der Waals surface area contributed by atoms with Crippen LogP contribution in [0.4, 0.5) is 11.4 Å². The largest absolute Gasteiger partial charge is 0.377 e. The number of amides is 2. The Bertz CT molecular complexity index is 679. The fourth-order valence-corrected chi connectivity index (χ4v) is 3.35. The Morgan fingerprint density at radius 2 is 1.59 bits per heavy atom. The van der Waals surface area contributed by atoms with Crippen LogP contribution in [-0.4, -0.2) is 36.9 Å². The zero-order valence-electron chi connectivity index (χ0n) is 19.9. The molecule has 1 rings (SSSR count). The van der Waals surface area contributed by atoms with Crippen LogP contribution in [0, 0.1) is 17.8 Å². The summed E-state index contributed by atoms with van der Waals surface area (Å²) < 4.78 is 0. The van der Waals surface area contributed by atoms with Gasteiger partial charge in [0.25, 0.3) is 0 Å². The van der Waals surface area contributed by atoms with Gasteiger partial charge in [-0.15, -0.1) is 0 Å². The van der Waals surface area contributed by atoms with Crippen LogP contribution in [0.3, 0.4) is 0 Å². The second-order valence-corrected chi connectivity index (χ2v) is 8.85. The van der Waals surface area contributed by atoms with E-state index in [-0.39, 0.29) is 29.7 Å². The Morgan fingerprint density at radius 3 is 2.03 bits per heavy atom. The van der Waals surface area contributed by atoms with Crippen molar-refractivity contribution >= 4 is 23.2 Å². The van der Waals surface area contributed by atoms with E-state index in [1.165, 1.54) is 0 Å². The van der Waals surface area contributed by atoms with Crippen molar-refractivity contribution < 1.29 is 9.59 Å². The van der Waals surface area contributed by atoms with E-state index in [2.05, 4.69) is 44.8 Å². The molecule has 1 aromatic rings. The molecule has 2 amide bonds. The van der Waals surface area contributed by atoms with Gasteiger partial charge >= 0.3 is 0 Å². The Kier molecular flexibility index (Phi) is 9.67. The number of carbonyl (C=O) groups is 2. The average Bonchev–Trinajstić information content (AvgIpc) is 2.66. The highest BCUT2D eigenvalue weighted by molar-refractivity contribution is 5.92. The third-order valence-electron chi connectivity index (χ3n) is 5.77. The molecule has 0 fully saturated rings. The summed E-state index contributed by atoms with van der Waals surface area (Å²) >= 11 is 0. The first-order valence-electron chi connectivity index (χ1n) is 10.9. The van der Waals surface area contributed by atoms with Crippen LogP contribution in [0.25, 0.3) is 0 Å². The standard InChI is InChI=1S/C24H41N3O2/c1-10-19(11-2)24(29)27(18(7)16(3)4)15-20-14-21(25-23(28)17(5)6)12-13-22(20)26(8)9/h12-14,16-19H,10-11,15H2,1-9H3,(H,25,28)/t18-/m1/s1. The van der Waals surface area contributed by atoms with Gasteiger partial charge in [0.05, 0.1) is 0 Å². The Morgan fingerprint density at radius 1 is 1.00 bits per heavy atom. The number of nitrogens with one attached hydrogen (secondary N) is 1. The predicted octanol–water partition coefficient (Wildman–Crippen LogP) is 5.16. The van der Waals surface area contributed by atoms with Crippen molar-refractivity contribution in [1.29, 1.82) is 0 Å². The van der Waals surface area contributed by atoms with E-state index in [0.717, 1.165) is 29.8 Å². The van der Waals surface area contributed by atoms with Crippen molar-refractivity contribution in [3.63, 3.8) is 0 Å². The maximum Gasteiger partial charge on any atom is 0.226 e. The lowest BCUT2D eigenvalue weighted by atomic mass is 9.96. The number of anilines is 2. The Hall–Kier alpha value is -2.04. The van der Waals surface area contributed by atoms with Gasteiger partial charge in [0.15, 0.2) is 0 Å². The second kappa shape index (κ2) is 11.2. The van der Waals surface area contributed by atoms with E-state index in [1.807, 2.05) is 51.0 Å². The lowest BCUT2D eigenvalue weighted by molar-refractivity contribution is -0.139. The van der Waals surface area contributed by atoms with Crippen LogP contribution in [0.1, 0.15) is 66.9 Å². The number of carbonyl (C=O) groups excluding carboxylic acids is 2. The maximum absolute atomic E-state index is 13.3. The molecule has 1 atom stereocenters. The van der Waals surface area contributed by atoms with E-state index < -0.39 is 0 Å². The number of nitrogens with zero attached hydrogens (tertiary/aromatic N) is 2. The maximum atomic E-state index is 13.3. The first-order chi connectivity index (χ1) is 13.5. The van der Waals surface area contributed by atoms with E-state index in [9.17, 15) is 9.59 Å². The van der Waals surface area contributed by atoms with E-state index in [4.69, 9.17) is 0 Å². The summed E-state index contributed by atoms with van der Waals surface area (Å²) in [5.74, 6) is 0.537. The van der Waals surface area contributed by atoms with Gasteiger partial charge < -0.3 is 15.1 Å². The molecule has 5 heteroatoms. The molecule has 0 saturated heterocycles. The second-order valence-electron chi connectivity index (χ2n) is 8.85. The average molecular weight is 404 g/mol. The minimum Gasteiger partial charge on any atom is -0.377 e. The number of rotatable bonds is 10. The third-order valence-corrected chi connectivity index (χ3v) is 5.77. The molecule has 0 bridgehead atoms. The van der Waals surface area contributed by atoms with Crippen LogP contribution in [0.2, 0.25) is 0 Å². The minimum absolute atomic E-state index is 0.00550. The summed E-state index contributed by atoms with van der Waals surface area (Å²) in [7, 11) is 4.01. The van der Waals surface area contributed by atoms with Crippen molar-refractivity contribution in [3.8, 4) is 0 Å². The lowest BCUT2D eigenvalue weighted by Gasteiger charge is -2.35. The van der Waals surface area contributed by atoms with E-state index >= 15 is 0 Å². The summed E-state index contributed by atoms with van der Waals surface area (Å²) in [4.78, 5) is 29.6. The van der Waals surface area contributed by atoms with E-state index in [0.29, 0.717) is 12.5 Å². The van der Waals surface area contributed by atoms with Crippen molar-refractivity contribution in [2.75, 3.05) is 24.3 Å². The minimum atomic E-state index is -0.0825. The normalized spacial score (nSPS) is 12.4. The SMILES string of the molecule is CCC(CC)C(=O)N(Cc1cc(NC(=O)C(C)C)ccc1N(C)C)[C@H](C)C(C)C. The lowest BCUT2D eigenvalue weighted by Crippen LogP contribution is -2.44. The quantitative estimate of drug-likeness (QED) is 0.587. The molecule has 0 heterocycles. The molecular formula is C24H41N3O2. The molecule has 0 aliphatic heterocycles. The zero-order valence-corrected chi connectivity index (χ0v) is 19.9. The van der Waals surface area contributed by atoms with Gasteiger partial charge in [0.1, 0.15) is 0 Å². The summed E-state index contributed by atoms with van der Waals surface area (Å²) in [6.45, 7) is 14.9. The van der Waals surface area contributed by atoms with Crippen molar-refractivity contribution in [3.05, 3.63) is 23.8 Å². The molecule has 1 N–H and O–H groups in total. The highest BCUT2D eigenvalue weighted by Gasteiger charge is 2.28. The van der Waals surface area contributed by atoms with Gasteiger partial charge in [-0.2, -0.15) is 0 Å². The van der Waals surface area contributed by atoms with Gasteiger partial charge in [-0.05, 0) is 49.4 Å². The number of benzene rings is 1. The molecule has 0 aromatic heterocycles. The number of hydrogen-bond donors (Lipinski definition) is 1. The highest BCUT2D eigenvalue weighted by Crippen LogP contribution is 2.28. The Labute approximate surface area is 177 Å². The van der Waals surface area contributed by atoms with Crippen molar-refractivity contribution in [1.82, 2.24) is 4.90 Å². The molecule has 0 unspecified atom stereocenters. The van der Waals surface area contributed by atoms with Gasteiger partial charge in [0.2, 0.25) is 11.8 Å². The van der Waals surface area contributed by atoms with Crippen LogP contribution in [0.15, 0.2) is 18.2 Å². The summed E-state index contributed by atoms with van der Waals surface area (Å²) in [6, 6.07) is 6.09. The molecule has 0 saturated carbocycles. The summed E-state index contributed by atoms with van der Waals surface area (Å²) in [6.07, 6.45) is 1.70. The molecule has 0 spiro atoms. The molecule has 29 heavy (non-hydrogen) atoms. The molecule has 0 radical (unpaired) electrons. The van der Waals surface area contributed by atoms with E-state index in [1.54, 1.807) is 0 Å². The van der Waals surface area contributed by atoms with Crippen molar-refractivity contribution in [2.24, 2.45) is 17.8 Å². The van der Waals surface area contributed by atoms with Crippen LogP contribution in [0.5, 0.6) is 0 Å². The van der Waals surface area contributed by atoms with Crippen LogP contribution in [-0.2, 0) is 16.1 Å². The van der Waals surface area contributed by atoms with Gasteiger partial charge in [-0.1, -0.05) is 41.5 Å². The molecule has 1 aromatic carbocycles. The first kappa shape index (κ1) is 25.0. The molecule has 164 valence electrons. The highest BCUT2D eigenvalue weighted by atomic mass is 16.2. The summed E-state index contributed by atoms with van der Waals surface area (Å²) in [5, 5.41) is 2.99. The molecule has 0 aliphatic carbocycles. The summed E-state index contributed by atoms with van der Waals surface area (Å²) in [5.41, 5.74) is 2.88. The smallest absolute Gasteiger partial charge is 0.226 e. The van der Waals surface area contributed by atoms with Gasteiger partial charge in [0, 0.05) is 49.9 Å². The van der Waals surface area contributed by atoms with Gasteiger partial charge in [-0.25, -0.2) is 0 Å². The predicted molar refractivity (Wildman–Crippen MR) is 123 cm³/mol. The molecular weight excluding hydrogens is 362 g/mol. The third kappa shape index (κ3) is 6.76. The number of hydrogen-bond acceptors (Lipinski definition) is 3. The van der Waals surface area contributed by atoms with Crippen LogP contribution < -0.4 is 10.2 Å². The monoisotopic (exact) mass is 403 g/mol. The van der Waals surface area contributed by atoms with Crippen LogP contribution >= 0.6 is 0 Å².